The molecule has 0 heterocycles. The Labute approximate surface area is 115 Å². The molecule has 0 bridgehead atoms. The first kappa shape index (κ1) is 13.5. The van der Waals surface area contributed by atoms with Crippen LogP contribution in [-0.2, 0) is 0 Å². The molecular weight excluding hydrogens is 242 g/mol. The van der Waals surface area contributed by atoms with Gasteiger partial charge in [-0.25, -0.2) is 0 Å². The van der Waals surface area contributed by atoms with Crippen LogP contribution in [0, 0.1) is 12.8 Å². The summed E-state index contributed by atoms with van der Waals surface area (Å²) in [6, 6.07) is 6.01. The fourth-order valence-electron chi connectivity index (χ4n) is 2.20. The lowest BCUT2D eigenvalue weighted by molar-refractivity contribution is 0.0932. The molecule has 98 valence electrons. The standard InChI is InChI=1S/C15H21NOS/c1-3-12(8-11-5-6-11)16-15(17)14-9-13(18)7-4-10(14)2/h4,7,9,11-12,18H,3,5-6,8H2,1-2H3,(H,16,17). The van der Waals surface area contributed by atoms with E-state index in [1.165, 1.54) is 12.8 Å². The van der Waals surface area contributed by atoms with E-state index in [-0.39, 0.29) is 5.91 Å². The summed E-state index contributed by atoms with van der Waals surface area (Å²) in [5.41, 5.74) is 1.75. The van der Waals surface area contributed by atoms with Crippen molar-refractivity contribution in [1.29, 1.82) is 0 Å². The summed E-state index contributed by atoms with van der Waals surface area (Å²) >= 11 is 4.30. The van der Waals surface area contributed by atoms with Crippen LogP contribution in [0.1, 0.15) is 48.5 Å². The molecule has 3 heteroatoms. The van der Waals surface area contributed by atoms with Gasteiger partial charge in [0.15, 0.2) is 0 Å². The van der Waals surface area contributed by atoms with Gasteiger partial charge in [0, 0.05) is 16.5 Å². The van der Waals surface area contributed by atoms with Crippen LogP contribution >= 0.6 is 12.6 Å². The zero-order valence-corrected chi connectivity index (χ0v) is 12.0. The monoisotopic (exact) mass is 263 g/mol. The largest absolute Gasteiger partial charge is 0.349 e. The molecule has 0 aliphatic heterocycles. The minimum atomic E-state index is 0.0379. The van der Waals surface area contributed by atoms with Crippen molar-refractivity contribution in [3.63, 3.8) is 0 Å². The molecule has 1 N–H and O–H groups in total. The van der Waals surface area contributed by atoms with Crippen molar-refractivity contribution in [2.45, 2.75) is 50.5 Å². The Morgan fingerprint density at radius 2 is 2.22 bits per heavy atom. The van der Waals surface area contributed by atoms with Crippen LogP contribution in [0.25, 0.3) is 0 Å². The molecule has 1 aromatic rings. The molecule has 1 aliphatic carbocycles. The number of amides is 1. The van der Waals surface area contributed by atoms with Gasteiger partial charge in [0.25, 0.3) is 5.91 Å². The topological polar surface area (TPSA) is 29.1 Å². The summed E-state index contributed by atoms with van der Waals surface area (Å²) < 4.78 is 0. The van der Waals surface area contributed by atoms with Crippen LogP contribution < -0.4 is 5.32 Å². The van der Waals surface area contributed by atoms with Gasteiger partial charge in [-0.2, -0.15) is 0 Å². The second kappa shape index (κ2) is 5.79. The molecule has 0 saturated heterocycles. The van der Waals surface area contributed by atoms with Gasteiger partial charge in [-0.1, -0.05) is 25.8 Å². The van der Waals surface area contributed by atoms with Gasteiger partial charge in [0.2, 0.25) is 0 Å². The number of nitrogens with one attached hydrogen (secondary N) is 1. The quantitative estimate of drug-likeness (QED) is 0.781. The van der Waals surface area contributed by atoms with Gasteiger partial charge in [-0.05, 0) is 43.4 Å². The maximum Gasteiger partial charge on any atom is 0.251 e. The molecule has 0 radical (unpaired) electrons. The highest BCUT2D eigenvalue weighted by Crippen LogP contribution is 2.34. The zero-order valence-electron chi connectivity index (χ0n) is 11.1. The molecule has 18 heavy (non-hydrogen) atoms. The molecule has 1 saturated carbocycles. The third-order valence-electron chi connectivity index (χ3n) is 3.61. The lowest BCUT2D eigenvalue weighted by atomic mass is 10.0. The SMILES string of the molecule is CCC(CC1CC1)NC(=O)c1cc(S)ccc1C. The Bertz CT molecular complexity index is 440. The number of benzene rings is 1. The average Bonchev–Trinajstić information content (AvgIpc) is 3.15. The van der Waals surface area contributed by atoms with Crippen LogP contribution in [0.4, 0.5) is 0 Å². The fourth-order valence-corrected chi connectivity index (χ4v) is 2.40. The number of carbonyl (C=O) groups is 1. The first-order valence-electron chi connectivity index (χ1n) is 6.70. The van der Waals surface area contributed by atoms with Gasteiger partial charge in [-0.15, -0.1) is 12.6 Å². The van der Waals surface area contributed by atoms with Crippen LogP contribution in [0.3, 0.4) is 0 Å². The van der Waals surface area contributed by atoms with Gasteiger partial charge < -0.3 is 5.32 Å². The third-order valence-corrected chi connectivity index (χ3v) is 3.89. The number of carbonyl (C=O) groups excluding carboxylic acids is 1. The maximum absolute atomic E-state index is 12.2. The predicted molar refractivity (Wildman–Crippen MR) is 77.3 cm³/mol. The van der Waals surface area contributed by atoms with E-state index in [1.807, 2.05) is 25.1 Å². The summed E-state index contributed by atoms with van der Waals surface area (Å²) in [7, 11) is 0. The average molecular weight is 263 g/mol. The first-order chi connectivity index (χ1) is 8.60. The molecule has 1 atom stereocenters. The van der Waals surface area contributed by atoms with Crippen LogP contribution in [0.2, 0.25) is 0 Å². The van der Waals surface area contributed by atoms with Crippen molar-refractivity contribution in [2.75, 3.05) is 0 Å². The summed E-state index contributed by atoms with van der Waals surface area (Å²) in [4.78, 5) is 13.1. The summed E-state index contributed by atoms with van der Waals surface area (Å²) in [6.45, 7) is 4.10. The molecule has 1 fully saturated rings. The highest BCUT2D eigenvalue weighted by molar-refractivity contribution is 7.80. The summed E-state index contributed by atoms with van der Waals surface area (Å²) in [5.74, 6) is 0.878. The van der Waals surface area contributed by atoms with Gasteiger partial charge in [0.05, 0.1) is 0 Å². The molecular formula is C15H21NOS. The van der Waals surface area contributed by atoms with Crippen LogP contribution in [-0.4, -0.2) is 11.9 Å². The van der Waals surface area contributed by atoms with Crippen molar-refractivity contribution < 1.29 is 4.79 Å². The number of thiol groups is 1. The first-order valence-corrected chi connectivity index (χ1v) is 7.15. The smallest absolute Gasteiger partial charge is 0.251 e. The lowest BCUT2D eigenvalue weighted by Crippen LogP contribution is -2.35. The fraction of sp³-hybridized carbons (Fsp3) is 0.533. The number of hydrogen-bond acceptors (Lipinski definition) is 2. The lowest BCUT2D eigenvalue weighted by Gasteiger charge is -2.17. The Morgan fingerprint density at radius 3 is 2.83 bits per heavy atom. The number of hydrogen-bond donors (Lipinski definition) is 2. The Morgan fingerprint density at radius 1 is 1.50 bits per heavy atom. The van der Waals surface area contributed by atoms with E-state index < -0.39 is 0 Å². The third kappa shape index (κ3) is 3.52. The molecule has 0 spiro atoms. The normalized spacial score (nSPS) is 16.4. The van der Waals surface area contributed by atoms with Crippen molar-refractivity contribution in [3.05, 3.63) is 29.3 Å². The van der Waals surface area contributed by atoms with E-state index in [2.05, 4.69) is 24.9 Å². The Hall–Kier alpha value is -0.960. The van der Waals surface area contributed by atoms with Gasteiger partial charge in [0.1, 0.15) is 0 Å². The van der Waals surface area contributed by atoms with E-state index in [1.54, 1.807) is 0 Å². The molecule has 2 nitrogen and oxygen atoms in total. The zero-order chi connectivity index (χ0) is 13.1. The molecule has 1 unspecified atom stereocenters. The second-order valence-electron chi connectivity index (χ2n) is 5.26. The molecule has 1 amide bonds. The van der Waals surface area contributed by atoms with Crippen molar-refractivity contribution >= 4 is 18.5 Å². The van der Waals surface area contributed by atoms with E-state index in [9.17, 15) is 4.79 Å². The predicted octanol–water partition coefficient (Wildman–Crippen LogP) is 3.59. The van der Waals surface area contributed by atoms with Crippen molar-refractivity contribution in [2.24, 2.45) is 5.92 Å². The van der Waals surface area contributed by atoms with Crippen LogP contribution in [0.5, 0.6) is 0 Å². The van der Waals surface area contributed by atoms with Crippen LogP contribution in [0.15, 0.2) is 23.1 Å². The van der Waals surface area contributed by atoms with Crippen molar-refractivity contribution in [1.82, 2.24) is 5.32 Å². The summed E-state index contributed by atoms with van der Waals surface area (Å²) in [5, 5.41) is 3.15. The minimum absolute atomic E-state index is 0.0379. The van der Waals surface area contributed by atoms with E-state index in [0.29, 0.717) is 6.04 Å². The van der Waals surface area contributed by atoms with E-state index >= 15 is 0 Å². The number of rotatable bonds is 5. The molecule has 1 aliphatic rings. The van der Waals surface area contributed by atoms with E-state index in [4.69, 9.17) is 0 Å². The highest BCUT2D eigenvalue weighted by Gasteiger charge is 2.25. The van der Waals surface area contributed by atoms with Gasteiger partial charge >= 0.3 is 0 Å². The number of aryl methyl sites for hydroxylation is 1. The minimum Gasteiger partial charge on any atom is -0.349 e. The molecule has 1 aromatic carbocycles. The Kier molecular flexibility index (Phi) is 4.33. The van der Waals surface area contributed by atoms with E-state index in [0.717, 1.165) is 34.8 Å². The molecule has 0 aromatic heterocycles. The maximum atomic E-state index is 12.2. The van der Waals surface area contributed by atoms with Gasteiger partial charge in [-0.3, -0.25) is 4.79 Å². The highest BCUT2D eigenvalue weighted by atomic mass is 32.1. The summed E-state index contributed by atoms with van der Waals surface area (Å²) in [6.07, 6.45) is 4.79. The van der Waals surface area contributed by atoms with Crippen molar-refractivity contribution in [3.8, 4) is 0 Å². The Balaban J connectivity index is 2.02. The second-order valence-corrected chi connectivity index (χ2v) is 5.77. The molecule has 2 rings (SSSR count).